The maximum atomic E-state index is 12.9. The second kappa shape index (κ2) is 8.50. The molecule has 0 aliphatic carbocycles. The molecule has 1 N–H and O–H groups in total. The van der Waals surface area contributed by atoms with Gasteiger partial charge in [-0.05, 0) is 23.1 Å². The molecule has 2 aromatic rings. The van der Waals surface area contributed by atoms with Crippen LogP contribution in [0.15, 0.2) is 36.7 Å². The van der Waals surface area contributed by atoms with E-state index in [2.05, 4.69) is 41.6 Å². The van der Waals surface area contributed by atoms with E-state index in [1.807, 2.05) is 31.4 Å². The first-order chi connectivity index (χ1) is 11.6. The van der Waals surface area contributed by atoms with Crippen molar-refractivity contribution in [2.45, 2.75) is 25.8 Å². The van der Waals surface area contributed by atoms with Crippen molar-refractivity contribution in [3.8, 4) is 0 Å². The molecule has 5 nitrogen and oxygen atoms in total. The van der Waals surface area contributed by atoms with Crippen LogP contribution in [0.5, 0.6) is 0 Å². The van der Waals surface area contributed by atoms with Gasteiger partial charge in [0.25, 0.3) is 0 Å². The Bertz CT molecular complexity index is 698. The Hall–Kier alpha value is -1.85. The summed E-state index contributed by atoms with van der Waals surface area (Å²) in [6, 6.07) is 8.52. The average molecular weight is 363 g/mol. The van der Waals surface area contributed by atoms with Crippen LogP contribution in [0.25, 0.3) is 0 Å². The number of halogens is 1. The van der Waals surface area contributed by atoms with E-state index in [0.717, 1.165) is 25.1 Å². The highest BCUT2D eigenvalue weighted by Gasteiger charge is 2.36. The summed E-state index contributed by atoms with van der Waals surface area (Å²) in [5.74, 6) is 0.388. The molecule has 2 atom stereocenters. The van der Waals surface area contributed by atoms with Gasteiger partial charge in [0.05, 0.1) is 12.1 Å². The van der Waals surface area contributed by atoms with Crippen LogP contribution < -0.4 is 5.32 Å². The predicted molar refractivity (Wildman–Crippen MR) is 102 cm³/mol. The lowest BCUT2D eigenvalue weighted by Gasteiger charge is -2.24. The van der Waals surface area contributed by atoms with Crippen molar-refractivity contribution in [1.82, 2.24) is 20.0 Å². The minimum atomic E-state index is -0.0193. The molecular formula is C19H27ClN4O. The molecule has 1 aromatic carbocycles. The van der Waals surface area contributed by atoms with Gasteiger partial charge in [0.1, 0.15) is 0 Å². The number of benzene rings is 1. The van der Waals surface area contributed by atoms with Crippen molar-refractivity contribution in [1.29, 1.82) is 0 Å². The number of aryl methyl sites for hydroxylation is 2. The molecule has 0 bridgehead atoms. The first-order valence-corrected chi connectivity index (χ1v) is 8.60. The van der Waals surface area contributed by atoms with Crippen LogP contribution >= 0.6 is 12.4 Å². The van der Waals surface area contributed by atoms with E-state index in [4.69, 9.17) is 0 Å². The zero-order valence-electron chi connectivity index (χ0n) is 15.1. The Morgan fingerprint density at radius 1 is 1.28 bits per heavy atom. The van der Waals surface area contributed by atoms with Crippen LogP contribution in [0.1, 0.15) is 29.5 Å². The van der Waals surface area contributed by atoms with Crippen molar-refractivity contribution in [2.75, 3.05) is 20.1 Å². The van der Waals surface area contributed by atoms with Crippen LogP contribution in [0.2, 0.25) is 0 Å². The summed E-state index contributed by atoms with van der Waals surface area (Å²) in [4.78, 5) is 14.8. The van der Waals surface area contributed by atoms with Gasteiger partial charge in [-0.2, -0.15) is 5.10 Å². The molecule has 0 spiro atoms. The zero-order chi connectivity index (χ0) is 17.1. The van der Waals surface area contributed by atoms with Crippen LogP contribution in [-0.2, 0) is 24.8 Å². The molecule has 1 amide bonds. The van der Waals surface area contributed by atoms with Crippen LogP contribution in [0.4, 0.5) is 0 Å². The second-order valence-corrected chi connectivity index (χ2v) is 6.68. The molecular weight excluding hydrogens is 336 g/mol. The van der Waals surface area contributed by atoms with Crippen LogP contribution in [-0.4, -0.2) is 40.7 Å². The number of nitrogens with one attached hydrogen (secondary N) is 1. The third-order valence-corrected chi connectivity index (χ3v) is 4.91. The minimum Gasteiger partial charge on any atom is -0.341 e. The summed E-state index contributed by atoms with van der Waals surface area (Å²) in [5.41, 5.74) is 3.64. The number of carbonyl (C=O) groups excluding carboxylic acids is 1. The van der Waals surface area contributed by atoms with E-state index in [0.29, 0.717) is 6.54 Å². The highest BCUT2D eigenvalue weighted by atomic mass is 35.5. The number of amides is 1. The number of nitrogens with zero attached hydrogens (tertiary/aromatic N) is 3. The molecule has 1 aliphatic heterocycles. The molecule has 25 heavy (non-hydrogen) atoms. The van der Waals surface area contributed by atoms with Crippen LogP contribution in [0.3, 0.4) is 0 Å². The van der Waals surface area contributed by atoms with Crippen LogP contribution in [0, 0.1) is 5.92 Å². The van der Waals surface area contributed by atoms with Crippen molar-refractivity contribution in [3.05, 3.63) is 53.3 Å². The first kappa shape index (κ1) is 19.5. The topological polar surface area (TPSA) is 50.2 Å². The summed E-state index contributed by atoms with van der Waals surface area (Å²) >= 11 is 0. The normalized spacial score (nSPS) is 19.5. The standard InChI is InChI=1S/C19H26N4O.ClH/c1-4-14-5-7-15(8-6-14)12-22(2)19(24)18-11-20-10-17(18)16-9-21-23(3)13-16;/h5-9,13,17-18,20H,4,10-12H2,1-3H3;1H/t17-,18+;/m1./s1. The molecule has 0 saturated carbocycles. The maximum absolute atomic E-state index is 12.9. The van der Waals surface area contributed by atoms with Gasteiger partial charge < -0.3 is 10.2 Å². The second-order valence-electron chi connectivity index (χ2n) is 6.68. The van der Waals surface area contributed by atoms with Gasteiger partial charge >= 0.3 is 0 Å². The van der Waals surface area contributed by atoms with E-state index in [9.17, 15) is 4.79 Å². The first-order valence-electron chi connectivity index (χ1n) is 8.60. The third-order valence-electron chi connectivity index (χ3n) is 4.91. The van der Waals surface area contributed by atoms with Gasteiger partial charge in [0.2, 0.25) is 5.91 Å². The Balaban J connectivity index is 0.00000225. The number of hydrogen-bond acceptors (Lipinski definition) is 3. The fourth-order valence-corrected chi connectivity index (χ4v) is 3.44. The molecule has 1 aliphatic rings. The Morgan fingerprint density at radius 3 is 2.56 bits per heavy atom. The summed E-state index contributed by atoms with van der Waals surface area (Å²) in [7, 11) is 3.81. The van der Waals surface area contributed by atoms with Crippen molar-refractivity contribution < 1.29 is 4.79 Å². The fraction of sp³-hybridized carbons (Fsp3) is 0.474. The number of hydrogen-bond donors (Lipinski definition) is 1. The molecule has 3 rings (SSSR count). The monoisotopic (exact) mass is 362 g/mol. The Morgan fingerprint density at radius 2 is 1.96 bits per heavy atom. The highest BCUT2D eigenvalue weighted by molar-refractivity contribution is 5.85. The number of aromatic nitrogens is 2. The van der Waals surface area contributed by atoms with E-state index in [-0.39, 0.29) is 30.2 Å². The summed E-state index contributed by atoms with van der Waals surface area (Å²) in [6.07, 6.45) is 4.93. The molecule has 6 heteroatoms. The van der Waals surface area contributed by atoms with E-state index in [1.165, 1.54) is 11.1 Å². The molecule has 136 valence electrons. The lowest BCUT2D eigenvalue weighted by molar-refractivity contribution is -0.134. The molecule has 0 radical (unpaired) electrons. The lowest BCUT2D eigenvalue weighted by atomic mass is 9.90. The van der Waals surface area contributed by atoms with Gasteiger partial charge in [-0.15, -0.1) is 12.4 Å². The zero-order valence-corrected chi connectivity index (χ0v) is 15.9. The van der Waals surface area contributed by atoms with Crippen molar-refractivity contribution in [3.63, 3.8) is 0 Å². The number of rotatable bonds is 5. The van der Waals surface area contributed by atoms with Gasteiger partial charge in [-0.1, -0.05) is 31.2 Å². The molecule has 1 fully saturated rings. The summed E-state index contributed by atoms with van der Waals surface area (Å²) in [5, 5.41) is 7.61. The molecule has 0 unspecified atom stereocenters. The van der Waals surface area contributed by atoms with E-state index >= 15 is 0 Å². The van der Waals surface area contributed by atoms with Gasteiger partial charge in [0.15, 0.2) is 0 Å². The third kappa shape index (κ3) is 4.41. The van der Waals surface area contributed by atoms with Gasteiger partial charge in [0, 0.05) is 45.8 Å². The Kier molecular flexibility index (Phi) is 6.62. The van der Waals surface area contributed by atoms with Crippen molar-refractivity contribution >= 4 is 18.3 Å². The summed E-state index contributed by atoms with van der Waals surface area (Å²) < 4.78 is 1.80. The van der Waals surface area contributed by atoms with Gasteiger partial charge in [-0.25, -0.2) is 0 Å². The van der Waals surface area contributed by atoms with E-state index in [1.54, 1.807) is 4.68 Å². The fourth-order valence-electron chi connectivity index (χ4n) is 3.44. The van der Waals surface area contributed by atoms with E-state index < -0.39 is 0 Å². The summed E-state index contributed by atoms with van der Waals surface area (Å²) in [6.45, 7) is 4.37. The largest absolute Gasteiger partial charge is 0.341 e. The molecule has 1 saturated heterocycles. The Labute approximate surface area is 155 Å². The quantitative estimate of drug-likeness (QED) is 0.888. The SMILES string of the molecule is CCc1ccc(CN(C)C(=O)[C@H]2CNC[C@@H]2c2cnn(C)c2)cc1.Cl. The predicted octanol–water partition coefficient (Wildman–Crippen LogP) is 2.37. The minimum absolute atomic E-state index is 0. The average Bonchev–Trinajstić information content (AvgIpc) is 3.23. The van der Waals surface area contributed by atoms with Crippen molar-refractivity contribution in [2.24, 2.45) is 13.0 Å². The molecule has 2 heterocycles. The lowest BCUT2D eigenvalue weighted by Crippen LogP contribution is -2.35. The van der Waals surface area contributed by atoms with Gasteiger partial charge in [-0.3, -0.25) is 9.48 Å². The molecule has 1 aromatic heterocycles. The smallest absolute Gasteiger partial charge is 0.227 e. The highest BCUT2D eigenvalue weighted by Crippen LogP contribution is 2.29. The number of carbonyl (C=O) groups is 1. The maximum Gasteiger partial charge on any atom is 0.227 e.